The van der Waals surface area contributed by atoms with Gasteiger partial charge in [0.15, 0.2) is 24.8 Å². The Hall–Kier alpha value is -2.72. The molecule has 4 rings (SSSR count). The third-order valence-corrected chi connectivity index (χ3v) is 4.43. The maximum atomic E-state index is 8.93. The van der Waals surface area contributed by atoms with Crippen LogP contribution in [0.25, 0.3) is 21.8 Å². The number of H-pyrrole nitrogens is 4. The molecule has 4 N–H and O–H groups in total. The molecule has 134 valence electrons. The second-order valence-corrected chi connectivity index (χ2v) is 6.50. The minimum atomic E-state index is -2.19. The summed E-state index contributed by atoms with van der Waals surface area (Å²) in [7, 11) is 0. The predicted octanol–water partition coefficient (Wildman–Crippen LogP) is -0.0248. The Morgan fingerprint density at radius 2 is 1.19 bits per heavy atom. The van der Waals surface area contributed by atoms with Gasteiger partial charge < -0.3 is 29.8 Å². The smallest absolute Gasteiger partial charge is 0.191 e. The lowest BCUT2D eigenvalue weighted by Crippen LogP contribution is -2.42. The van der Waals surface area contributed by atoms with E-state index in [9.17, 15) is 0 Å². The standard InChI is InChI=1S/2C7H5BrN2.C2H2O4/c2*8-6-3-10-7-4-9-2-1-5(6)7;3-1(4)2(5)6/h2*1-4,10H;(H,3,4)(H,5,6). The van der Waals surface area contributed by atoms with Crippen LogP contribution in [0.4, 0.5) is 0 Å². The molecule has 0 aliphatic carbocycles. The summed E-state index contributed by atoms with van der Waals surface area (Å²) in [4.78, 5) is 30.1. The van der Waals surface area contributed by atoms with E-state index in [2.05, 4.69) is 51.8 Å². The number of carbonyl (C=O) groups is 2. The molecule has 0 aromatic carbocycles. The number of hydrogen-bond donors (Lipinski definition) is 2. The van der Waals surface area contributed by atoms with Crippen molar-refractivity contribution in [2.24, 2.45) is 0 Å². The molecule has 26 heavy (non-hydrogen) atoms. The van der Waals surface area contributed by atoms with Crippen molar-refractivity contribution in [3.05, 3.63) is 58.3 Å². The van der Waals surface area contributed by atoms with E-state index in [1.165, 1.54) is 10.8 Å². The topological polar surface area (TPSA) is 140 Å². The number of aromatic nitrogens is 4. The molecule has 8 nitrogen and oxygen atoms in total. The number of pyridine rings is 2. The fourth-order valence-electron chi connectivity index (χ4n) is 1.95. The molecule has 4 aromatic heterocycles. The summed E-state index contributed by atoms with van der Waals surface area (Å²) in [6, 6.07) is 4.05. The van der Waals surface area contributed by atoms with E-state index in [0.717, 1.165) is 20.0 Å². The van der Waals surface area contributed by atoms with E-state index < -0.39 is 11.9 Å². The molecule has 0 saturated heterocycles. The number of nitrogens with one attached hydrogen (secondary N) is 4. The first kappa shape index (κ1) is 19.6. The molecule has 0 aliphatic heterocycles. The number of carboxylic acids is 2. The molecule has 0 aliphatic rings. The summed E-state index contributed by atoms with van der Waals surface area (Å²) in [6.45, 7) is 0. The van der Waals surface area contributed by atoms with Gasteiger partial charge in [0.25, 0.3) is 0 Å². The Balaban J connectivity index is 0.000000146. The summed E-state index contributed by atoms with van der Waals surface area (Å²) in [6.07, 6.45) is 11.5. The minimum Gasteiger partial charge on any atom is -0.543 e. The average Bonchev–Trinajstić information content (AvgIpc) is 3.20. The second-order valence-electron chi connectivity index (χ2n) is 4.79. The number of carbonyl (C=O) groups excluding carboxylic acids is 2. The molecule has 0 bridgehead atoms. The summed E-state index contributed by atoms with van der Waals surface area (Å²) >= 11 is 6.84. The van der Waals surface area contributed by atoms with Crippen molar-refractivity contribution in [1.29, 1.82) is 0 Å². The van der Waals surface area contributed by atoms with Crippen molar-refractivity contribution in [2.75, 3.05) is 0 Å². The zero-order valence-electron chi connectivity index (χ0n) is 13.0. The van der Waals surface area contributed by atoms with Crippen LogP contribution in [0, 0.1) is 0 Å². The highest BCUT2D eigenvalue weighted by Crippen LogP contribution is 2.21. The van der Waals surface area contributed by atoms with E-state index in [0.29, 0.717) is 0 Å². The number of aromatic amines is 4. The predicted molar refractivity (Wildman–Crippen MR) is 95.1 cm³/mol. The Morgan fingerprint density at radius 3 is 1.50 bits per heavy atom. The minimum absolute atomic E-state index is 1.11. The van der Waals surface area contributed by atoms with Crippen LogP contribution in [0.1, 0.15) is 0 Å². The van der Waals surface area contributed by atoms with Crippen molar-refractivity contribution in [1.82, 2.24) is 9.97 Å². The van der Waals surface area contributed by atoms with Crippen LogP contribution in [0.5, 0.6) is 0 Å². The van der Waals surface area contributed by atoms with Crippen LogP contribution in [0.3, 0.4) is 0 Å². The highest BCUT2D eigenvalue weighted by Gasteiger charge is 2.00. The fraction of sp³-hybridized carbons (Fsp3) is 0. The number of hydrogen-bond acceptors (Lipinski definition) is 4. The molecule has 0 amide bonds. The third-order valence-electron chi connectivity index (χ3n) is 3.12. The molecule has 0 saturated carbocycles. The van der Waals surface area contributed by atoms with Gasteiger partial charge in [0.2, 0.25) is 0 Å². The normalized spacial score (nSPS) is 9.77. The summed E-state index contributed by atoms with van der Waals surface area (Å²) < 4.78 is 2.22. The van der Waals surface area contributed by atoms with Crippen LogP contribution in [0.2, 0.25) is 0 Å². The number of carboxylic acid groups (broad SMARTS) is 2. The number of aliphatic carboxylic acids is 2. The van der Waals surface area contributed by atoms with Crippen molar-refractivity contribution in [2.45, 2.75) is 0 Å². The second kappa shape index (κ2) is 9.11. The van der Waals surface area contributed by atoms with Crippen LogP contribution in [0.15, 0.2) is 58.3 Å². The summed E-state index contributed by atoms with van der Waals surface area (Å²) in [5.41, 5.74) is 2.24. The Kier molecular flexibility index (Phi) is 6.87. The highest BCUT2D eigenvalue weighted by molar-refractivity contribution is 9.11. The van der Waals surface area contributed by atoms with Gasteiger partial charge in [-0.25, -0.2) is 9.97 Å². The monoisotopic (exact) mass is 482 g/mol. The van der Waals surface area contributed by atoms with E-state index in [4.69, 9.17) is 19.8 Å². The van der Waals surface area contributed by atoms with Gasteiger partial charge in [-0.05, 0) is 31.9 Å². The molecular formula is C16H12Br2N4O4. The molecule has 4 aromatic rings. The maximum Gasteiger partial charge on any atom is 0.191 e. The Bertz CT molecular complexity index is 961. The first-order chi connectivity index (χ1) is 12.4. The molecule has 0 atom stereocenters. The van der Waals surface area contributed by atoms with E-state index in [-0.39, 0.29) is 0 Å². The van der Waals surface area contributed by atoms with Gasteiger partial charge in [-0.2, -0.15) is 0 Å². The zero-order valence-corrected chi connectivity index (χ0v) is 16.2. The fourth-order valence-corrected chi connectivity index (χ4v) is 2.87. The largest absolute Gasteiger partial charge is 0.543 e. The molecule has 0 spiro atoms. The van der Waals surface area contributed by atoms with Crippen molar-refractivity contribution >= 4 is 65.6 Å². The number of halogens is 2. The first-order valence-electron chi connectivity index (χ1n) is 7.08. The van der Waals surface area contributed by atoms with Gasteiger partial charge in [0, 0.05) is 44.2 Å². The lowest BCUT2D eigenvalue weighted by atomic mass is 10.3. The van der Waals surface area contributed by atoms with Gasteiger partial charge in [0.05, 0.1) is 11.9 Å². The van der Waals surface area contributed by atoms with Gasteiger partial charge in [-0.15, -0.1) is 0 Å². The quantitative estimate of drug-likeness (QED) is 0.339. The van der Waals surface area contributed by atoms with E-state index in [1.54, 1.807) is 0 Å². The maximum absolute atomic E-state index is 8.93. The van der Waals surface area contributed by atoms with Crippen LogP contribution < -0.4 is 20.2 Å². The lowest BCUT2D eigenvalue weighted by molar-refractivity contribution is -0.376. The SMILES string of the molecule is Brc1c[nH]c2c[nH+]ccc12.Brc1c[nH]c2c[nH+]ccc12.O=C([O-])C(=O)[O-]. The number of rotatable bonds is 0. The zero-order chi connectivity index (χ0) is 19.1. The first-order valence-corrected chi connectivity index (χ1v) is 8.66. The highest BCUT2D eigenvalue weighted by atomic mass is 79.9. The molecule has 10 heteroatoms. The van der Waals surface area contributed by atoms with Crippen LogP contribution in [-0.2, 0) is 9.59 Å². The lowest BCUT2D eigenvalue weighted by Gasteiger charge is -1.97. The van der Waals surface area contributed by atoms with E-state index in [1.807, 2.05) is 49.3 Å². The van der Waals surface area contributed by atoms with Crippen molar-refractivity contribution < 1.29 is 29.8 Å². The van der Waals surface area contributed by atoms with Crippen molar-refractivity contribution in [3.8, 4) is 0 Å². The molecule has 0 radical (unpaired) electrons. The molecule has 0 fully saturated rings. The van der Waals surface area contributed by atoms with Gasteiger partial charge >= 0.3 is 0 Å². The molecule has 4 heterocycles. The Labute approximate surface area is 163 Å². The molecular weight excluding hydrogens is 472 g/mol. The van der Waals surface area contributed by atoms with Crippen LogP contribution >= 0.6 is 31.9 Å². The summed E-state index contributed by atoms with van der Waals surface area (Å²) in [5.74, 6) is -4.37. The van der Waals surface area contributed by atoms with Crippen LogP contribution in [-0.4, -0.2) is 21.9 Å². The van der Waals surface area contributed by atoms with Crippen molar-refractivity contribution in [3.63, 3.8) is 0 Å². The average molecular weight is 484 g/mol. The summed E-state index contributed by atoms with van der Waals surface area (Å²) in [5, 5.41) is 20.3. The Morgan fingerprint density at radius 1 is 0.808 bits per heavy atom. The van der Waals surface area contributed by atoms with Gasteiger partial charge in [-0.1, -0.05) is 0 Å². The van der Waals surface area contributed by atoms with E-state index >= 15 is 0 Å². The third kappa shape index (κ3) is 5.14. The van der Waals surface area contributed by atoms with Gasteiger partial charge in [0.1, 0.15) is 11.0 Å². The number of fused-ring (bicyclic) bond motifs is 2. The van der Waals surface area contributed by atoms with Gasteiger partial charge in [-0.3, -0.25) is 0 Å². The molecule has 0 unspecified atom stereocenters.